The van der Waals surface area contributed by atoms with Gasteiger partial charge in [-0.05, 0) is 24.9 Å². The Morgan fingerprint density at radius 1 is 1.52 bits per heavy atom. The zero-order valence-electron chi connectivity index (χ0n) is 12.0. The van der Waals surface area contributed by atoms with Crippen molar-refractivity contribution in [1.29, 1.82) is 0 Å². The first-order valence-corrected chi connectivity index (χ1v) is 6.93. The summed E-state index contributed by atoms with van der Waals surface area (Å²) in [4.78, 5) is 23.9. The van der Waals surface area contributed by atoms with Gasteiger partial charge in [0, 0.05) is 36.3 Å². The summed E-state index contributed by atoms with van der Waals surface area (Å²) in [5.41, 5.74) is 11.9. The third-order valence-corrected chi connectivity index (χ3v) is 4.06. The Kier molecular flexibility index (Phi) is 4.54. The predicted octanol–water partition coefficient (Wildman–Crippen LogP) is 0.863. The molecule has 2 atom stereocenters. The van der Waals surface area contributed by atoms with Crippen molar-refractivity contribution in [1.82, 2.24) is 4.90 Å². The molecule has 0 spiro atoms. The number of carbonyl (C=O) groups excluding carboxylic acids is 1. The summed E-state index contributed by atoms with van der Waals surface area (Å²) in [6.45, 7) is 4.15. The van der Waals surface area contributed by atoms with Crippen molar-refractivity contribution >= 4 is 11.6 Å². The summed E-state index contributed by atoms with van der Waals surface area (Å²) in [5, 5.41) is 11.2. The van der Waals surface area contributed by atoms with Gasteiger partial charge < -0.3 is 11.5 Å². The monoisotopic (exact) mass is 292 g/mol. The van der Waals surface area contributed by atoms with E-state index in [1.54, 1.807) is 6.07 Å². The lowest BCUT2D eigenvalue weighted by Crippen LogP contribution is -2.47. The molecule has 2 unspecified atom stereocenters. The molecule has 1 fully saturated rings. The lowest BCUT2D eigenvalue weighted by molar-refractivity contribution is -0.385. The Morgan fingerprint density at radius 3 is 2.81 bits per heavy atom. The van der Waals surface area contributed by atoms with Gasteiger partial charge in [0.05, 0.1) is 4.92 Å². The number of nitro groups is 1. The summed E-state index contributed by atoms with van der Waals surface area (Å²) >= 11 is 0. The lowest BCUT2D eigenvalue weighted by Gasteiger charge is -2.34. The molecule has 2 rings (SSSR count). The molecule has 1 aromatic carbocycles. The van der Waals surface area contributed by atoms with Crippen molar-refractivity contribution in [2.45, 2.75) is 25.9 Å². The molecule has 1 aliphatic heterocycles. The third-order valence-electron chi connectivity index (χ3n) is 4.06. The second-order valence-corrected chi connectivity index (χ2v) is 5.63. The van der Waals surface area contributed by atoms with Crippen molar-refractivity contribution in [2.75, 3.05) is 13.1 Å². The minimum atomic E-state index is -0.668. The maximum Gasteiger partial charge on any atom is 0.274 e. The average molecular weight is 292 g/mol. The topological polar surface area (TPSA) is 115 Å². The van der Waals surface area contributed by atoms with Crippen LogP contribution in [0.5, 0.6) is 0 Å². The largest absolute Gasteiger partial charge is 0.366 e. The molecule has 1 amide bonds. The molecule has 1 aromatic rings. The maximum absolute atomic E-state index is 11.2. The molecule has 1 aliphatic rings. The van der Waals surface area contributed by atoms with E-state index >= 15 is 0 Å². The highest BCUT2D eigenvalue weighted by atomic mass is 16.6. The minimum Gasteiger partial charge on any atom is -0.366 e. The molecule has 21 heavy (non-hydrogen) atoms. The van der Waals surface area contributed by atoms with E-state index in [9.17, 15) is 14.9 Å². The second kappa shape index (κ2) is 6.19. The van der Waals surface area contributed by atoms with E-state index in [0.717, 1.165) is 19.5 Å². The first-order valence-electron chi connectivity index (χ1n) is 6.93. The van der Waals surface area contributed by atoms with Crippen LogP contribution in [0.1, 0.15) is 29.3 Å². The van der Waals surface area contributed by atoms with Crippen molar-refractivity contribution in [3.05, 3.63) is 39.4 Å². The highest BCUT2D eigenvalue weighted by molar-refractivity contribution is 5.93. The molecule has 4 N–H and O–H groups in total. The van der Waals surface area contributed by atoms with Crippen LogP contribution in [0, 0.1) is 16.0 Å². The van der Waals surface area contributed by atoms with Gasteiger partial charge in [-0.3, -0.25) is 19.8 Å². The predicted molar refractivity (Wildman–Crippen MR) is 78.6 cm³/mol. The quantitative estimate of drug-likeness (QED) is 0.631. The standard InChI is InChI=1S/C14H20N4O3/c1-9-4-5-17(8-12(9)15)7-11-3-2-10(14(16)19)6-13(11)18(20)21/h2-3,6,9,12H,4-5,7-8,15H2,1H3,(H2,16,19). The average Bonchev–Trinajstić information content (AvgIpc) is 2.43. The molecular formula is C14H20N4O3. The summed E-state index contributed by atoms with van der Waals surface area (Å²) in [5.74, 6) is -0.202. The molecule has 7 nitrogen and oxygen atoms in total. The van der Waals surface area contributed by atoms with Crippen LogP contribution in [0.15, 0.2) is 18.2 Å². The third kappa shape index (κ3) is 3.56. The zero-order valence-corrected chi connectivity index (χ0v) is 12.0. The molecular weight excluding hydrogens is 272 g/mol. The van der Waals surface area contributed by atoms with Gasteiger partial charge in [-0.1, -0.05) is 13.0 Å². The molecule has 1 saturated heterocycles. The second-order valence-electron chi connectivity index (χ2n) is 5.63. The number of nitrogens with two attached hydrogens (primary N) is 2. The van der Waals surface area contributed by atoms with Crippen LogP contribution in [-0.4, -0.2) is 34.9 Å². The van der Waals surface area contributed by atoms with Gasteiger partial charge in [-0.2, -0.15) is 0 Å². The fourth-order valence-corrected chi connectivity index (χ4v) is 2.57. The Bertz CT molecular complexity index is 561. The number of nitrogens with zero attached hydrogens (tertiary/aromatic N) is 2. The number of hydrogen-bond acceptors (Lipinski definition) is 5. The fraction of sp³-hybridized carbons (Fsp3) is 0.500. The van der Waals surface area contributed by atoms with Crippen LogP contribution in [0.25, 0.3) is 0 Å². The number of amides is 1. The zero-order chi connectivity index (χ0) is 15.6. The van der Waals surface area contributed by atoms with Gasteiger partial charge in [0.15, 0.2) is 0 Å². The molecule has 0 bridgehead atoms. The van der Waals surface area contributed by atoms with E-state index in [1.807, 2.05) is 0 Å². The van der Waals surface area contributed by atoms with Crippen molar-refractivity contribution in [2.24, 2.45) is 17.4 Å². The number of likely N-dealkylation sites (tertiary alicyclic amines) is 1. The summed E-state index contributed by atoms with van der Waals surface area (Å²) in [7, 11) is 0. The van der Waals surface area contributed by atoms with E-state index < -0.39 is 10.8 Å². The van der Waals surface area contributed by atoms with Gasteiger partial charge in [0.1, 0.15) is 0 Å². The summed E-state index contributed by atoms with van der Waals surface area (Å²) in [6.07, 6.45) is 0.980. The number of hydrogen-bond donors (Lipinski definition) is 2. The minimum absolute atomic E-state index is 0.0708. The molecule has 0 saturated carbocycles. The highest BCUT2D eigenvalue weighted by Crippen LogP contribution is 2.24. The Hall–Kier alpha value is -1.99. The van der Waals surface area contributed by atoms with E-state index in [-0.39, 0.29) is 17.3 Å². The van der Waals surface area contributed by atoms with Crippen LogP contribution in [0.3, 0.4) is 0 Å². The van der Waals surface area contributed by atoms with Crippen molar-refractivity contribution in [3.8, 4) is 0 Å². The SMILES string of the molecule is CC1CCN(Cc2ccc(C(N)=O)cc2[N+](=O)[O-])CC1N. The van der Waals surface area contributed by atoms with Gasteiger partial charge in [0.2, 0.25) is 5.91 Å². The molecule has 1 heterocycles. The first-order chi connectivity index (χ1) is 9.88. The van der Waals surface area contributed by atoms with Gasteiger partial charge in [0.25, 0.3) is 5.69 Å². The van der Waals surface area contributed by atoms with Gasteiger partial charge in [-0.15, -0.1) is 0 Å². The first kappa shape index (κ1) is 15.4. The maximum atomic E-state index is 11.2. The van der Waals surface area contributed by atoms with Crippen molar-refractivity contribution < 1.29 is 9.72 Å². The number of piperidine rings is 1. The normalized spacial score (nSPS) is 23.0. The summed E-state index contributed by atoms with van der Waals surface area (Å²) < 4.78 is 0. The highest BCUT2D eigenvalue weighted by Gasteiger charge is 2.25. The molecule has 0 aromatic heterocycles. The van der Waals surface area contributed by atoms with E-state index in [1.165, 1.54) is 12.1 Å². The number of benzene rings is 1. The van der Waals surface area contributed by atoms with Crippen LogP contribution in [-0.2, 0) is 6.54 Å². The molecule has 114 valence electrons. The van der Waals surface area contributed by atoms with Crippen LogP contribution < -0.4 is 11.5 Å². The lowest BCUT2D eigenvalue weighted by atomic mass is 9.94. The Balaban J connectivity index is 2.19. The number of rotatable bonds is 4. The van der Waals surface area contributed by atoms with E-state index in [0.29, 0.717) is 18.0 Å². The fourth-order valence-electron chi connectivity index (χ4n) is 2.57. The van der Waals surface area contributed by atoms with Crippen LogP contribution in [0.2, 0.25) is 0 Å². The van der Waals surface area contributed by atoms with Crippen LogP contribution >= 0.6 is 0 Å². The van der Waals surface area contributed by atoms with Gasteiger partial charge in [-0.25, -0.2) is 0 Å². The number of nitro benzene ring substituents is 1. The van der Waals surface area contributed by atoms with E-state index in [2.05, 4.69) is 11.8 Å². The molecule has 0 radical (unpaired) electrons. The smallest absolute Gasteiger partial charge is 0.274 e. The number of carbonyl (C=O) groups is 1. The number of primary amides is 1. The van der Waals surface area contributed by atoms with Crippen LogP contribution in [0.4, 0.5) is 5.69 Å². The Morgan fingerprint density at radius 2 is 2.24 bits per heavy atom. The summed E-state index contributed by atoms with van der Waals surface area (Å²) in [6, 6.07) is 4.45. The Labute approximate surface area is 123 Å². The van der Waals surface area contributed by atoms with Crippen molar-refractivity contribution in [3.63, 3.8) is 0 Å². The van der Waals surface area contributed by atoms with Gasteiger partial charge >= 0.3 is 0 Å². The van der Waals surface area contributed by atoms with E-state index in [4.69, 9.17) is 11.5 Å². The molecule has 0 aliphatic carbocycles. The molecule has 7 heteroatoms.